The molecule has 0 spiro atoms. The molecule has 3 nitrogen and oxygen atoms in total. The largest absolute Gasteiger partial charge is 0.416 e. The van der Waals surface area contributed by atoms with Gasteiger partial charge in [-0.05, 0) is 18.2 Å². The second-order valence-corrected chi connectivity index (χ2v) is 4.57. The zero-order chi connectivity index (χ0) is 15.6. The predicted molar refractivity (Wildman–Crippen MR) is 67.3 cm³/mol. The van der Waals surface area contributed by atoms with Gasteiger partial charge in [-0.1, -0.05) is 0 Å². The molecule has 21 heavy (non-hydrogen) atoms. The number of hydrogen-bond acceptors (Lipinski definition) is 2. The van der Waals surface area contributed by atoms with Crippen LogP contribution in [0.25, 0.3) is 0 Å². The number of carbonyl (C=O) groups is 1. The zero-order valence-electron chi connectivity index (χ0n) is 11.1. The molecule has 0 radical (unpaired) electrons. The van der Waals surface area contributed by atoms with Crippen molar-refractivity contribution in [2.75, 3.05) is 0 Å². The number of benzene rings is 1. The van der Waals surface area contributed by atoms with Crippen molar-refractivity contribution in [1.82, 2.24) is 9.55 Å². The Labute approximate surface area is 118 Å². The lowest BCUT2D eigenvalue weighted by atomic mass is 10.0. The Kier molecular flexibility index (Phi) is 4.11. The summed E-state index contributed by atoms with van der Waals surface area (Å²) in [5, 5.41) is 0. The van der Waals surface area contributed by atoms with E-state index in [-0.39, 0.29) is 12.8 Å². The molecule has 1 aromatic heterocycles. The van der Waals surface area contributed by atoms with Crippen LogP contribution in [-0.4, -0.2) is 15.3 Å². The van der Waals surface area contributed by atoms with Gasteiger partial charge in [-0.15, -0.1) is 0 Å². The van der Waals surface area contributed by atoms with E-state index in [9.17, 15) is 22.4 Å². The lowest BCUT2D eigenvalue weighted by Crippen LogP contribution is -2.11. The van der Waals surface area contributed by atoms with Crippen LogP contribution in [0.3, 0.4) is 0 Å². The minimum Gasteiger partial charge on any atom is -0.338 e. The van der Waals surface area contributed by atoms with Gasteiger partial charge in [0, 0.05) is 32.3 Å². The quantitative estimate of drug-likeness (QED) is 0.641. The van der Waals surface area contributed by atoms with E-state index in [1.165, 1.54) is 0 Å². The molecule has 0 unspecified atom stereocenters. The van der Waals surface area contributed by atoms with E-state index < -0.39 is 28.9 Å². The summed E-state index contributed by atoms with van der Waals surface area (Å²) >= 11 is 0. The lowest BCUT2D eigenvalue weighted by molar-refractivity contribution is -0.137. The highest BCUT2D eigenvalue weighted by Crippen LogP contribution is 2.30. The van der Waals surface area contributed by atoms with Crippen LogP contribution in [0.4, 0.5) is 17.6 Å². The fourth-order valence-corrected chi connectivity index (χ4v) is 1.91. The van der Waals surface area contributed by atoms with Crippen LogP contribution in [0.15, 0.2) is 30.6 Å². The molecule has 0 fully saturated rings. The van der Waals surface area contributed by atoms with Crippen LogP contribution < -0.4 is 0 Å². The number of carbonyl (C=O) groups excluding carboxylic acids is 1. The first-order chi connectivity index (χ1) is 9.79. The van der Waals surface area contributed by atoms with Crippen LogP contribution in [0.2, 0.25) is 0 Å². The molecule has 0 N–H and O–H groups in total. The van der Waals surface area contributed by atoms with Gasteiger partial charge in [0.25, 0.3) is 0 Å². The van der Waals surface area contributed by atoms with Gasteiger partial charge >= 0.3 is 6.18 Å². The third kappa shape index (κ3) is 3.48. The van der Waals surface area contributed by atoms with Gasteiger partial charge in [-0.3, -0.25) is 4.79 Å². The highest BCUT2D eigenvalue weighted by atomic mass is 19.4. The molecule has 0 aliphatic rings. The highest BCUT2D eigenvalue weighted by Gasteiger charge is 2.31. The molecule has 1 aromatic carbocycles. The van der Waals surface area contributed by atoms with Crippen molar-refractivity contribution in [3.05, 3.63) is 53.4 Å². The summed E-state index contributed by atoms with van der Waals surface area (Å²) in [5.74, 6) is -1.02. The number of aryl methyl sites for hydroxylation is 2. The Balaban J connectivity index is 2.17. The van der Waals surface area contributed by atoms with E-state index in [1.54, 1.807) is 24.0 Å². The number of aromatic nitrogens is 2. The second kappa shape index (κ2) is 5.67. The molecule has 0 saturated heterocycles. The number of nitrogens with zero attached hydrogens (tertiary/aromatic N) is 2. The average molecular weight is 300 g/mol. The number of hydrogen-bond donors (Lipinski definition) is 0. The van der Waals surface area contributed by atoms with E-state index in [0.29, 0.717) is 24.0 Å². The maximum Gasteiger partial charge on any atom is 0.416 e. The minimum absolute atomic E-state index is 0.108. The molecule has 0 bridgehead atoms. The normalized spacial score (nSPS) is 11.7. The molecule has 0 amide bonds. The van der Waals surface area contributed by atoms with Crippen LogP contribution in [-0.2, 0) is 19.6 Å². The van der Waals surface area contributed by atoms with E-state index in [2.05, 4.69) is 4.98 Å². The summed E-state index contributed by atoms with van der Waals surface area (Å²) in [5.41, 5.74) is -1.58. The zero-order valence-corrected chi connectivity index (χ0v) is 11.1. The summed E-state index contributed by atoms with van der Waals surface area (Å²) in [6, 6.07) is 1.83. The summed E-state index contributed by atoms with van der Waals surface area (Å²) < 4.78 is 53.0. The first-order valence-corrected chi connectivity index (χ1v) is 6.15. The third-order valence-corrected chi connectivity index (χ3v) is 3.09. The molecule has 0 atom stereocenters. The van der Waals surface area contributed by atoms with Crippen molar-refractivity contribution in [2.45, 2.75) is 19.0 Å². The van der Waals surface area contributed by atoms with Gasteiger partial charge < -0.3 is 4.57 Å². The molecule has 2 rings (SSSR count). The lowest BCUT2D eigenvalue weighted by Gasteiger charge is -2.09. The van der Waals surface area contributed by atoms with Gasteiger partial charge in [0.2, 0.25) is 0 Å². The van der Waals surface area contributed by atoms with Crippen molar-refractivity contribution in [3.63, 3.8) is 0 Å². The van der Waals surface area contributed by atoms with Gasteiger partial charge in [0.1, 0.15) is 11.6 Å². The number of rotatable bonds is 4. The fraction of sp³-hybridized carbons (Fsp3) is 0.286. The monoisotopic (exact) mass is 300 g/mol. The number of imidazole rings is 1. The van der Waals surface area contributed by atoms with Crippen molar-refractivity contribution in [2.24, 2.45) is 7.05 Å². The maximum atomic E-state index is 13.5. The van der Waals surface area contributed by atoms with Gasteiger partial charge in [-0.25, -0.2) is 9.37 Å². The predicted octanol–water partition coefficient (Wildman–Crippen LogP) is 3.39. The van der Waals surface area contributed by atoms with Crippen LogP contribution >= 0.6 is 0 Å². The van der Waals surface area contributed by atoms with Crippen molar-refractivity contribution in [1.29, 1.82) is 0 Å². The Morgan fingerprint density at radius 1 is 1.33 bits per heavy atom. The summed E-state index contributed by atoms with van der Waals surface area (Å²) in [6.45, 7) is 0. The summed E-state index contributed by atoms with van der Waals surface area (Å²) in [7, 11) is 1.73. The SMILES string of the molecule is Cn1ccnc1CCC(=O)c1cc(C(F)(F)F)ccc1F. The van der Waals surface area contributed by atoms with Crippen LogP contribution in [0.5, 0.6) is 0 Å². The van der Waals surface area contributed by atoms with E-state index >= 15 is 0 Å². The summed E-state index contributed by atoms with van der Waals surface area (Å²) in [6.07, 6.45) is -1.25. The van der Waals surface area contributed by atoms with Gasteiger partial charge in [0.05, 0.1) is 11.1 Å². The summed E-state index contributed by atoms with van der Waals surface area (Å²) in [4.78, 5) is 15.9. The molecular formula is C14H12F4N2O. The first-order valence-electron chi connectivity index (χ1n) is 6.15. The molecule has 7 heteroatoms. The second-order valence-electron chi connectivity index (χ2n) is 4.57. The first kappa shape index (κ1) is 15.2. The van der Waals surface area contributed by atoms with Gasteiger partial charge in [0.15, 0.2) is 5.78 Å². The topological polar surface area (TPSA) is 34.9 Å². The smallest absolute Gasteiger partial charge is 0.338 e. The Hall–Kier alpha value is -2.18. The Morgan fingerprint density at radius 3 is 2.62 bits per heavy atom. The molecule has 2 aromatic rings. The number of Topliss-reactive ketones (excluding diaryl/α,β-unsaturated/α-hetero) is 1. The van der Waals surface area contributed by atoms with E-state index in [4.69, 9.17) is 0 Å². The molecular weight excluding hydrogens is 288 g/mol. The number of ketones is 1. The maximum absolute atomic E-state index is 13.5. The van der Waals surface area contributed by atoms with Crippen molar-refractivity contribution < 1.29 is 22.4 Å². The molecule has 1 heterocycles. The molecule has 112 valence electrons. The minimum atomic E-state index is -4.61. The third-order valence-electron chi connectivity index (χ3n) is 3.09. The number of alkyl halides is 3. The molecule has 0 aliphatic carbocycles. The van der Waals surface area contributed by atoms with E-state index in [1.807, 2.05) is 0 Å². The van der Waals surface area contributed by atoms with Crippen LogP contribution in [0.1, 0.15) is 28.2 Å². The Morgan fingerprint density at radius 2 is 2.05 bits per heavy atom. The average Bonchev–Trinajstić information content (AvgIpc) is 2.80. The van der Waals surface area contributed by atoms with Gasteiger partial charge in [-0.2, -0.15) is 13.2 Å². The van der Waals surface area contributed by atoms with Crippen LogP contribution in [0, 0.1) is 5.82 Å². The van der Waals surface area contributed by atoms with Crippen molar-refractivity contribution >= 4 is 5.78 Å². The highest BCUT2D eigenvalue weighted by molar-refractivity contribution is 5.96. The molecule has 0 aliphatic heterocycles. The number of halogens is 4. The standard InChI is InChI=1S/C14H12F4N2O/c1-20-7-6-19-13(20)5-4-12(21)10-8-9(14(16,17)18)2-3-11(10)15/h2-3,6-8H,4-5H2,1H3. The molecule has 0 saturated carbocycles. The Bertz CT molecular complexity index is 661. The fourth-order valence-electron chi connectivity index (χ4n) is 1.91. The van der Waals surface area contributed by atoms with Crippen molar-refractivity contribution in [3.8, 4) is 0 Å². The van der Waals surface area contributed by atoms with E-state index in [0.717, 1.165) is 0 Å².